The van der Waals surface area contributed by atoms with Crippen molar-refractivity contribution in [1.82, 2.24) is 9.97 Å². The highest BCUT2D eigenvalue weighted by Crippen LogP contribution is 2.33. The normalized spacial score (nSPS) is 10.7. The molecular formula is C32H24ClN3O7. The van der Waals surface area contributed by atoms with E-state index in [9.17, 15) is 19.5 Å². The summed E-state index contributed by atoms with van der Waals surface area (Å²) in [7, 11) is 3.18. The van der Waals surface area contributed by atoms with Crippen LogP contribution in [0.15, 0.2) is 84.9 Å². The predicted molar refractivity (Wildman–Crippen MR) is 161 cm³/mol. The first-order valence-corrected chi connectivity index (χ1v) is 13.2. The molecule has 0 aliphatic rings. The SMILES string of the molecule is COc1ccc(-c2nc3ccc(C(=O)OCC(=O)Nc4ccc(Cl)c(C(=O)O)c4)cc3nc2-c2ccc(OC)cc2)cc1. The molecule has 1 amide bonds. The van der Waals surface area contributed by atoms with E-state index in [0.717, 1.165) is 11.1 Å². The van der Waals surface area contributed by atoms with E-state index in [2.05, 4.69) is 5.32 Å². The molecule has 0 aliphatic carbocycles. The van der Waals surface area contributed by atoms with Crippen LogP contribution in [0, 0.1) is 0 Å². The fraction of sp³-hybridized carbons (Fsp3) is 0.0938. The van der Waals surface area contributed by atoms with E-state index < -0.39 is 24.5 Å². The van der Waals surface area contributed by atoms with E-state index in [-0.39, 0.29) is 21.8 Å². The average molecular weight is 598 g/mol. The van der Waals surface area contributed by atoms with Gasteiger partial charge >= 0.3 is 11.9 Å². The molecule has 0 unspecified atom stereocenters. The smallest absolute Gasteiger partial charge is 0.338 e. The largest absolute Gasteiger partial charge is 0.497 e. The van der Waals surface area contributed by atoms with E-state index in [0.29, 0.717) is 33.9 Å². The Labute approximate surface area is 250 Å². The number of hydrogen-bond donors (Lipinski definition) is 2. The van der Waals surface area contributed by atoms with E-state index in [1.165, 1.54) is 18.2 Å². The zero-order valence-electron chi connectivity index (χ0n) is 23.0. The van der Waals surface area contributed by atoms with Gasteiger partial charge in [-0.2, -0.15) is 0 Å². The van der Waals surface area contributed by atoms with Crippen molar-refractivity contribution in [2.75, 3.05) is 26.1 Å². The summed E-state index contributed by atoms with van der Waals surface area (Å²) in [5.41, 5.74) is 4.05. The number of ether oxygens (including phenoxy) is 3. The van der Waals surface area contributed by atoms with E-state index in [1.807, 2.05) is 48.5 Å². The molecular weight excluding hydrogens is 574 g/mol. The van der Waals surface area contributed by atoms with Crippen LogP contribution in [0.3, 0.4) is 0 Å². The van der Waals surface area contributed by atoms with E-state index >= 15 is 0 Å². The highest BCUT2D eigenvalue weighted by molar-refractivity contribution is 6.33. The van der Waals surface area contributed by atoms with Gasteiger partial charge in [0, 0.05) is 16.8 Å². The van der Waals surface area contributed by atoms with E-state index in [4.69, 9.17) is 35.8 Å². The lowest BCUT2D eigenvalue weighted by Gasteiger charge is -2.12. The Morgan fingerprint density at radius 1 is 0.767 bits per heavy atom. The molecule has 0 aliphatic heterocycles. The fourth-order valence-corrected chi connectivity index (χ4v) is 4.46. The van der Waals surface area contributed by atoms with Crippen LogP contribution >= 0.6 is 11.6 Å². The van der Waals surface area contributed by atoms with Crippen LogP contribution in [-0.4, -0.2) is 53.7 Å². The number of aromatic carboxylic acids is 1. The Hall–Kier alpha value is -5.48. The van der Waals surface area contributed by atoms with Crippen molar-refractivity contribution in [3.05, 3.63) is 101 Å². The number of nitrogens with one attached hydrogen (secondary N) is 1. The molecule has 4 aromatic carbocycles. The number of benzene rings is 4. The number of esters is 1. The maximum absolute atomic E-state index is 12.8. The highest BCUT2D eigenvalue weighted by atomic mass is 35.5. The van der Waals surface area contributed by atoms with Gasteiger partial charge in [0.05, 0.1) is 52.8 Å². The van der Waals surface area contributed by atoms with Gasteiger partial charge in [-0.15, -0.1) is 0 Å². The minimum atomic E-state index is -1.24. The number of carboxylic acid groups (broad SMARTS) is 1. The number of fused-ring (bicyclic) bond motifs is 1. The molecule has 0 fully saturated rings. The van der Waals surface area contributed by atoms with Crippen molar-refractivity contribution in [1.29, 1.82) is 0 Å². The number of halogens is 1. The van der Waals surface area contributed by atoms with Gasteiger partial charge in [-0.25, -0.2) is 19.6 Å². The van der Waals surface area contributed by atoms with Crippen molar-refractivity contribution in [2.45, 2.75) is 0 Å². The lowest BCUT2D eigenvalue weighted by molar-refractivity contribution is -0.119. The molecule has 1 aromatic heterocycles. The standard InChI is InChI=1S/C32H24ClN3O7/c1-41-22-9-3-18(4-10-22)29-30(19-5-11-23(42-2)12-6-19)36-27-15-20(7-14-26(27)35-29)32(40)43-17-28(37)34-21-8-13-25(33)24(16-21)31(38)39/h3-16H,17H2,1-2H3,(H,34,37)(H,38,39). The lowest BCUT2D eigenvalue weighted by Crippen LogP contribution is -2.21. The summed E-state index contributed by atoms with van der Waals surface area (Å²) in [6.45, 7) is -0.596. The first-order chi connectivity index (χ1) is 20.7. The number of carbonyl (C=O) groups excluding carboxylic acids is 2. The monoisotopic (exact) mass is 597 g/mol. The van der Waals surface area contributed by atoms with Gasteiger partial charge in [-0.3, -0.25) is 4.79 Å². The van der Waals surface area contributed by atoms with Crippen molar-refractivity contribution < 1.29 is 33.7 Å². The molecule has 43 heavy (non-hydrogen) atoms. The molecule has 0 atom stereocenters. The van der Waals surface area contributed by atoms with Crippen LogP contribution in [0.1, 0.15) is 20.7 Å². The minimum Gasteiger partial charge on any atom is -0.497 e. The average Bonchev–Trinajstić information content (AvgIpc) is 3.03. The van der Waals surface area contributed by atoms with Crippen LogP contribution in [0.5, 0.6) is 11.5 Å². The van der Waals surface area contributed by atoms with Crippen LogP contribution in [0.25, 0.3) is 33.5 Å². The number of hydrogen-bond acceptors (Lipinski definition) is 8. The summed E-state index contributed by atoms with van der Waals surface area (Å²) < 4.78 is 15.8. The second kappa shape index (κ2) is 12.6. The molecule has 5 rings (SSSR count). The first-order valence-electron chi connectivity index (χ1n) is 12.9. The van der Waals surface area contributed by atoms with Gasteiger partial charge in [0.25, 0.3) is 5.91 Å². The third-order valence-electron chi connectivity index (χ3n) is 6.44. The zero-order valence-corrected chi connectivity index (χ0v) is 23.7. The number of methoxy groups -OCH3 is 2. The molecule has 11 heteroatoms. The Kier molecular flexibility index (Phi) is 8.49. The third kappa shape index (κ3) is 6.55. The second-order valence-corrected chi connectivity index (χ2v) is 9.61. The number of carboxylic acids is 1. The number of nitrogens with zero attached hydrogens (tertiary/aromatic N) is 2. The number of carbonyl (C=O) groups is 3. The number of aromatic nitrogens is 2. The molecule has 10 nitrogen and oxygen atoms in total. The summed E-state index contributed by atoms with van der Waals surface area (Å²) in [5, 5.41) is 11.7. The van der Waals surface area contributed by atoms with Crippen LogP contribution in [0.4, 0.5) is 5.69 Å². The Morgan fingerprint density at radius 2 is 1.35 bits per heavy atom. The summed E-state index contributed by atoms with van der Waals surface area (Å²) in [6, 6.07) is 23.6. The quantitative estimate of drug-likeness (QED) is 0.192. The maximum Gasteiger partial charge on any atom is 0.338 e. The molecule has 0 radical (unpaired) electrons. The van der Waals surface area contributed by atoms with Crippen molar-refractivity contribution >= 4 is 46.2 Å². The minimum absolute atomic E-state index is 0.0302. The van der Waals surface area contributed by atoms with Crippen molar-refractivity contribution in [3.8, 4) is 34.0 Å². The number of amides is 1. The van der Waals surface area contributed by atoms with Crippen molar-refractivity contribution in [3.63, 3.8) is 0 Å². The highest BCUT2D eigenvalue weighted by Gasteiger charge is 2.17. The summed E-state index contributed by atoms with van der Waals surface area (Å²) in [5.74, 6) is -1.24. The zero-order chi connectivity index (χ0) is 30.5. The molecule has 0 saturated heterocycles. The summed E-state index contributed by atoms with van der Waals surface area (Å²) >= 11 is 5.87. The summed E-state index contributed by atoms with van der Waals surface area (Å²) in [4.78, 5) is 46.2. The second-order valence-electron chi connectivity index (χ2n) is 9.21. The van der Waals surface area contributed by atoms with Gasteiger partial charge in [0.1, 0.15) is 11.5 Å². The number of anilines is 1. The molecule has 0 bridgehead atoms. The topological polar surface area (TPSA) is 137 Å². The Morgan fingerprint density at radius 3 is 1.91 bits per heavy atom. The molecule has 0 saturated carbocycles. The van der Waals surface area contributed by atoms with Crippen molar-refractivity contribution in [2.24, 2.45) is 0 Å². The van der Waals surface area contributed by atoms with E-state index in [1.54, 1.807) is 32.4 Å². The number of rotatable bonds is 9. The van der Waals surface area contributed by atoms with Crippen LogP contribution in [0.2, 0.25) is 5.02 Å². The molecule has 0 spiro atoms. The molecule has 2 N–H and O–H groups in total. The maximum atomic E-state index is 12.8. The van der Waals surface area contributed by atoms with Crippen LogP contribution in [-0.2, 0) is 9.53 Å². The molecule has 1 heterocycles. The third-order valence-corrected chi connectivity index (χ3v) is 6.77. The van der Waals surface area contributed by atoms with Gasteiger partial charge in [0.15, 0.2) is 6.61 Å². The predicted octanol–water partition coefficient (Wildman–Crippen LogP) is 6.13. The first kappa shape index (κ1) is 29.0. The Bertz CT molecular complexity index is 1840. The van der Waals surface area contributed by atoms with Gasteiger partial charge < -0.3 is 24.6 Å². The molecule has 216 valence electrons. The van der Waals surface area contributed by atoms with Crippen LogP contribution < -0.4 is 14.8 Å². The fourth-order valence-electron chi connectivity index (χ4n) is 4.26. The van der Waals surface area contributed by atoms with Gasteiger partial charge in [0.2, 0.25) is 0 Å². The van der Waals surface area contributed by atoms with Gasteiger partial charge in [-0.05, 0) is 84.9 Å². The lowest BCUT2D eigenvalue weighted by atomic mass is 10.0. The van der Waals surface area contributed by atoms with Gasteiger partial charge in [-0.1, -0.05) is 11.6 Å². The summed E-state index contributed by atoms with van der Waals surface area (Å²) in [6.07, 6.45) is 0. The Balaban J connectivity index is 1.40. The molecule has 5 aromatic rings.